The van der Waals surface area contributed by atoms with E-state index in [-0.39, 0.29) is 0 Å². The zero-order valence-electron chi connectivity index (χ0n) is 10.9. The molecule has 0 atom stereocenters. The average Bonchev–Trinajstić information content (AvgIpc) is 3.07. The SMILES string of the molecule is CN(C)c1ccc(-c2nc(-c3ccc(Cl)s3)[c]s2)cn1. The van der Waals surface area contributed by atoms with Gasteiger partial charge in [-0.3, -0.25) is 0 Å². The molecule has 0 unspecified atom stereocenters. The Hall–Kier alpha value is -1.43. The molecule has 0 spiro atoms. The van der Waals surface area contributed by atoms with E-state index in [1.807, 2.05) is 49.5 Å². The molecule has 0 amide bonds. The van der Waals surface area contributed by atoms with Crippen LogP contribution in [0.5, 0.6) is 0 Å². The van der Waals surface area contributed by atoms with Crippen molar-refractivity contribution in [3.8, 4) is 21.1 Å². The van der Waals surface area contributed by atoms with E-state index in [1.54, 1.807) is 0 Å². The number of thiazole rings is 1. The van der Waals surface area contributed by atoms with Gasteiger partial charge in [0.2, 0.25) is 0 Å². The Morgan fingerprint density at radius 2 is 2.05 bits per heavy atom. The molecule has 0 aliphatic carbocycles. The highest BCUT2D eigenvalue weighted by molar-refractivity contribution is 7.19. The second kappa shape index (κ2) is 5.52. The van der Waals surface area contributed by atoms with Crippen molar-refractivity contribution in [2.24, 2.45) is 0 Å². The van der Waals surface area contributed by atoms with Gasteiger partial charge in [-0.2, -0.15) is 0 Å². The van der Waals surface area contributed by atoms with E-state index in [0.29, 0.717) is 0 Å². The summed E-state index contributed by atoms with van der Waals surface area (Å²) in [6, 6.07) is 7.86. The van der Waals surface area contributed by atoms with E-state index < -0.39 is 0 Å². The maximum Gasteiger partial charge on any atom is 0.127 e. The number of pyridine rings is 1. The van der Waals surface area contributed by atoms with Gasteiger partial charge >= 0.3 is 0 Å². The summed E-state index contributed by atoms with van der Waals surface area (Å²) in [6.07, 6.45) is 1.84. The van der Waals surface area contributed by atoms with Gasteiger partial charge in [-0.25, -0.2) is 9.97 Å². The van der Waals surface area contributed by atoms with Crippen LogP contribution >= 0.6 is 34.3 Å². The molecule has 0 aliphatic heterocycles. The van der Waals surface area contributed by atoms with Gasteiger partial charge in [0.25, 0.3) is 0 Å². The second-order valence-electron chi connectivity index (χ2n) is 4.37. The minimum Gasteiger partial charge on any atom is -0.363 e. The number of halogens is 1. The van der Waals surface area contributed by atoms with Crippen LogP contribution in [0.25, 0.3) is 21.1 Å². The number of anilines is 1. The van der Waals surface area contributed by atoms with Crippen molar-refractivity contribution < 1.29 is 0 Å². The topological polar surface area (TPSA) is 29.0 Å². The van der Waals surface area contributed by atoms with Crippen LogP contribution in [-0.4, -0.2) is 24.1 Å². The van der Waals surface area contributed by atoms with Gasteiger partial charge in [-0.15, -0.1) is 22.7 Å². The van der Waals surface area contributed by atoms with E-state index in [0.717, 1.165) is 31.3 Å². The fourth-order valence-corrected chi connectivity index (χ4v) is 3.47. The van der Waals surface area contributed by atoms with E-state index in [1.165, 1.54) is 22.7 Å². The van der Waals surface area contributed by atoms with Crippen LogP contribution in [0.4, 0.5) is 5.82 Å². The van der Waals surface area contributed by atoms with Crippen LogP contribution in [0.3, 0.4) is 0 Å². The number of thiophene rings is 1. The molecule has 6 heteroatoms. The fraction of sp³-hybridized carbons (Fsp3) is 0.143. The number of aromatic nitrogens is 2. The predicted octanol–water partition coefficient (Wildman–Crippen LogP) is 4.45. The van der Waals surface area contributed by atoms with Gasteiger partial charge in [-0.1, -0.05) is 11.6 Å². The number of nitrogens with zero attached hydrogens (tertiary/aromatic N) is 3. The maximum absolute atomic E-state index is 5.95. The lowest BCUT2D eigenvalue weighted by Gasteiger charge is -2.10. The first-order valence-electron chi connectivity index (χ1n) is 5.91. The molecule has 0 saturated carbocycles. The Morgan fingerprint density at radius 3 is 2.65 bits per heavy atom. The first-order valence-corrected chi connectivity index (χ1v) is 7.92. The van der Waals surface area contributed by atoms with Crippen molar-refractivity contribution in [2.45, 2.75) is 0 Å². The number of hydrogen-bond acceptors (Lipinski definition) is 5. The Bertz CT molecular complexity index is 716. The lowest BCUT2D eigenvalue weighted by atomic mass is 10.3. The van der Waals surface area contributed by atoms with Crippen molar-refractivity contribution in [1.82, 2.24) is 9.97 Å². The van der Waals surface area contributed by atoms with Crippen LogP contribution in [0, 0.1) is 5.38 Å². The van der Waals surface area contributed by atoms with Crippen LogP contribution in [0.15, 0.2) is 30.5 Å². The Balaban J connectivity index is 1.90. The number of hydrogen-bond donors (Lipinski definition) is 0. The quantitative estimate of drug-likeness (QED) is 0.713. The van der Waals surface area contributed by atoms with Crippen LogP contribution in [0.1, 0.15) is 0 Å². The molecule has 0 N–H and O–H groups in total. The van der Waals surface area contributed by atoms with Crippen molar-refractivity contribution in [2.75, 3.05) is 19.0 Å². The summed E-state index contributed by atoms with van der Waals surface area (Å²) in [5.74, 6) is 0.930. The van der Waals surface area contributed by atoms with Gasteiger partial charge < -0.3 is 4.90 Å². The minimum atomic E-state index is 0.764. The zero-order chi connectivity index (χ0) is 14.1. The summed E-state index contributed by atoms with van der Waals surface area (Å²) in [7, 11) is 3.94. The average molecular weight is 321 g/mol. The molecule has 101 valence electrons. The molecule has 0 fully saturated rings. The molecule has 20 heavy (non-hydrogen) atoms. The molecule has 3 aromatic rings. The van der Waals surface area contributed by atoms with Crippen molar-refractivity contribution >= 4 is 40.1 Å². The Labute approximate surface area is 130 Å². The van der Waals surface area contributed by atoms with E-state index >= 15 is 0 Å². The van der Waals surface area contributed by atoms with Crippen LogP contribution in [-0.2, 0) is 0 Å². The van der Waals surface area contributed by atoms with Crippen molar-refractivity contribution in [3.63, 3.8) is 0 Å². The molecule has 0 aromatic carbocycles. The van der Waals surface area contributed by atoms with Gasteiger partial charge in [0.1, 0.15) is 16.5 Å². The minimum absolute atomic E-state index is 0.764. The summed E-state index contributed by atoms with van der Waals surface area (Å²) in [5.41, 5.74) is 1.85. The predicted molar refractivity (Wildman–Crippen MR) is 86.8 cm³/mol. The van der Waals surface area contributed by atoms with Gasteiger partial charge in [-0.05, 0) is 24.3 Å². The molecule has 3 rings (SSSR count). The van der Waals surface area contributed by atoms with Gasteiger partial charge in [0, 0.05) is 25.9 Å². The molecule has 0 bridgehead atoms. The summed E-state index contributed by atoms with van der Waals surface area (Å²) >= 11 is 8.95. The first kappa shape index (κ1) is 13.5. The summed E-state index contributed by atoms with van der Waals surface area (Å²) in [5, 5.41) is 4.13. The molecular weight excluding hydrogens is 310 g/mol. The normalized spacial score (nSPS) is 10.8. The number of rotatable bonds is 3. The molecule has 0 saturated heterocycles. The maximum atomic E-state index is 5.95. The standard InChI is InChI=1S/C14H11ClN3S2/c1-18(2)13-6-3-9(7-16-13)14-17-10(8-19-14)11-4-5-12(15)20-11/h3-7H,1-2H3. The highest BCUT2D eigenvalue weighted by Gasteiger charge is 2.09. The molecule has 3 nitrogen and oxygen atoms in total. The lowest BCUT2D eigenvalue weighted by molar-refractivity contribution is 1.07. The van der Waals surface area contributed by atoms with E-state index in [9.17, 15) is 0 Å². The van der Waals surface area contributed by atoms with Gasteiger partial charge in [0.05, 0.1) is 14.6 Å². The smallest absolute Gasteiger partial charge is 0.127 e. The van der Waals surface area contributed by atoms with Crippen molar-refractivity contribution in [3.05, 3.63) is 40.2 Å². The third kappa shape index (κ3) is 2.70. The zero-order valence-corrected chi connectivity index (χ0v) is 13.3. The molecule has 0 aliphatic rings. The molecule has 3 heterocycles. The molecular formula is C14H11ClN3S2. The molecule has 1 radical (unpaired) electrons. The highest BCUT2D eigenvalue weighted by Crippen LogP contribution is 2.33. The third-order valence-electron chi connectivity index (χ3n) is 2.72. The van der Waals surface area contributed by atoms with Crippen molar-refractivity contribution in [1.29, 1.82) is 0 Å². The van der Waals surface area contributed by atoms with Crippen LogP contribution < -0.4 is 4.90 Å². The van der Waals surface area contributed by atoms with E-state index in [2.05, 4.69) is 15.3 Å². The Morgan fingerprint density at radius 1 is 1.20 bits per heavy atom. The van der Waals surface area contributed by atoms with Crippen LogP contribution in [0.2, 0.25) is 4.34 Å². The summed E-state index contributed by atoms with van der Waals surface area (Å²) in [6.45, 7) is 0. The highest BCUT2D eigenvalue weighted by atomic mass is 35.5. The second-order valence-corrected chi connectivity index (χ2v) is 6.88. The largest absolute Gasteiger partial charge is 0.363 e. The first-order chi connectivity index (χ1) is 9.63. The summed E-state index contributed by atoms with van der Waals surface area (Å²) < 4.78 is 0.764. The summed E-state index contributed by atoms with van der Waals surface area (Å²) in [4.78, 5) is 12.0. The Kier molecular flexibility index (Phi) is 3.74. The lowest BCUT2D eigenvalue weighted by Crippen LogP contribution is -2.09. The monoisotopic (exact) mass is 320 g/mol. The third-order valence-corrected chi connectivity index (χ3v) is 4.77. The van der Waals surface area contributed by atoms with E-state index in [4.69, 9.17) is 11.6 Å². The van der Waals surface area contributed by atoms with Gasteiger partial charge in [0.15, 0.2) is 0 Å². The fourth-order valence-electron chi connectivity index (χ4n) is 1.69. The molecule has 3 aromatic heterocycles.